The lowest BCUT2D eigenvalue weighted by molar-refractivity contribution is -0.118. The Hall–Kier alpha value is -2.45. The minimum Gasteiger partial charge on any atom is -0.465 e. The van der Waals surface area contributed by atoms with Crippen molar-refractivity contribution in [1.82, 2.24) is 14.8 Å². The van der Waals surface area contributed by atoms with E-state index < -0.39 is 6.09 Å². The lowest BCUT2D eigenvalue weighted by Crippen LogP contribution is -2.52. The molecule has 166 valence electrons. The van der Waals surface area contributed by atoms with Gasteiger partial charge in [0.05, 0.1) is 23.8 Å². The van der Waals surface area contributed by atoms with Gasteiger partial charge in [-0.2, -0.15) is 0 Å². The lowest BCUT2D eigenvalue weighted by Gasteiger charge is -2.44. The second kappa shape index (κ2) is 9.36. The average molecular weight is 443 g/mol. The van der Waals surface area contributed by atoms with Gasteiger partial charge in [-0.25, -0.2) is 9.78 Å². The highest BCUT2D eigenvalue weighted by atomic mass is 32.1. The van der Waals surface area contributed by atoms with Gasteiger partial charge in [0.25, 0.3) is 0 Å². The molecule has 0 saturated carbocycles. The van der Waals surface area contributed by atoms with E-state index in [1.54, 1.807) is 16.2 Å². The molecular weight excluding hydrogens is 412 g/mol. The third-order valence-corrected chi connectivity index (χ3v) is 7.48. The number of carbonyl (C=O) groups excluding carboxylic acids is 1. The molecule has 1 aliphatic heterocycles. The van der Waals surface area contributed by atoms with Gasteiger partial charge in [0.1, 0.15) is 0 Å². The molecule has 4 rings (SSSR count). The fourth-order valence-electron chi connectivity index (χ4n) is 5.26. The van der Waals surface area contributed by atoms with Gasteiger partial charge in [0.15, 0.2) is 0 Å². The first-order valence-electron chi connectivity index (χ1n) is 11.0. The summed E-state index contributed by atoms with van der Waals surface area (Å²) in [6, 6.07) is 7.85. The number of thiazole rings is 1. The maximum atomic E-state index is 12.2. The predicted molar refractivity (Wildman–Crippen MR) is 120 cm³/mol. The van der Waals surface area contributed by atoms with Crippen molar-refractivity contribution >= 4 is 23.3 Å². The van der Waals surface area contributed by atoms with E-state index in [-0.39, 0.29) is 24.4 Å². The first-order chi connectivity index (χ1) is 15.0. The Morgan fingerprint density at radius 2 is 2.19 bits per heavy atom. The number of fused-ring (bicyclic) bond motifs is 2. The van der Waals surface area contributed by atoms with E-state index in [0.717, 1.165) is 43.4 Å². The van der Waals surface area contributed by atoms with Gasteiger partial charge in [-0.1, -0.05) is 31.2 Å². The number of carboxylic acid groups (broad SMARTS) is 1. The van der Waals surface area contributed by atoms with E-state index in [0.29, 0.717) is 19.0 Å². The van der Waals surface area contributed by atoms with E-state index in [1.807, 2.05) is 29.8 Å². The number of aromatic nitrogens is 1. The molecule has 3 unspecified atom stereocenters. The fraction of sp³-hybridized carbons (Fsp3) is 0.522. The molecule has 0 bridgehead atoms. The van der Waals surface area contributed by atoms with Crippen molar-refractivity contribution in [3.05, 3.63) is 51.5 Å². The van der Waals surface area contributed by atoms with E-state index in [2.05, 4.69) is 16.8 Å². The van der Waals surface area contributed by atoms with Crippen molar-refractivity contribution in [2.45, 2.75) is 70.1 Å². The van der Waals surface area contributed by atoms with Gasteiger partial charge >= 0.3 is 6.09 Å². The van der Waals surface area contributed by atoms with Crippen LogP contribution in [-0.4, -0.2) is 50.5 Å². The van der Waals surface area contributed by atoms with Gasteiger partial charge < -0.3 is 10.8 Å². The van der Waals surface area contributed by atoms with E-state index >= 15 is 0 Å². The van der Waals surface area contributed by atoms with Crippen molar-refractivity contribution in [1.29, 1.82) is 0 Å². The predicted octanol–water partition coefficient (Wildman–Crippen LogP) is 3.58. The highest BCUT2D eigenvalue weighted by Crippen LogP contribution is 2.41. The number of carbonyl (C=O) groups is 2. The summed E-state index contributed by atoms with van der Waals surface area (Å²) < 4.78 is 0. The fourth-order valence-corrected chi connectivity index (χ4v) is 6.14. The van der Waals surface area contributed by atoms with Gasteiger partial charge in [0.2, 0.25) is 5.91 Å². The van der Waals surface area contributed by atoms with Crippen LogP contribution in [0, 0.1) is 0 Å². The molecule has 0 saturated heterocycles. The summed E-state index contributed by atoms with van der Waals surface area (Å²) >= 11 is 1.70. The molecule has 7 nitrogen and oxygen atoms in total. The number of amides is 2. The van der Waals surface area contributed by atoms with Crippen molar-refractivity contribution in [3.63, 3.8) is 0 Å². The van der Waals surface area contributed by atoms with Crippen LogP contribution in [0.4, 0.5) is 4.79 Å². The number of rotatable bonds is 8. The molecule has 1 aromatic carbocycles. The summed E-state index contributed by atoms with van der Waals surface area (Å²) in [7, 11) is 0. The van der Waals surface area contributed by atoms with E-state index in [1.165, 1.54) is 10.6 Å². The second-order valence-electron chi connectivity index (χ2n) is 8.48. The van der Waals surface area contributed by atoms with Gasteiger partial charge in [0, 0.05) is 23.4 Å². The topological polar surface area (TPSA) is 99.8 Å². The maximum Gasteiger partial charge on any atom is 0.408 e. The Labute approximate surface area is 186 Å². The quantitative estimate of drug-likeness (QED) is 0.651. The van der Waals surface area contributed by atoms with Gasteiger partial charge in [-0.3, -0.25) is 14.6 Å². The summed E-state index contributed by atoms with van der Waals surface area (Å²) in [6.07, 6.45) is 3.69. The Morgan fingerprint density at radius 3 is 2.94 bits per heavy atom. The Bertz CT molecular complexity index is 946. The van der Waals surface area contributed by atoms with Crippen LogP contribution in [0.15, 0.2) is 29.8 Å². The summed E-state index contributed by atoms with van der Waals surface area (Å²) in [5.74, 6) is -0.344. The zero-order chi connectivity index (χ0) is 22.0. The SMILES string of the molecule is CCCN(C1CCc2ncsc2C1)C(CCC(N)=O)C1c2ccccc2CN1C(=O)O. The molecule has 0 fully saturated rings. The molecule has 2 amide bonds. The summed E-state index contributed by atoms with van der Waals surface area (Å²) in [5.41, 5.74) is 10.7. The van der Waals surface area contributed by atoms with Crippen LogP contribution < -0.4 is 5.73 Å². The van der Waals surface area contributed by atoms with Gasteiger partial charge in [-0.05, 0) is 49.8 Å². The lowest BCUT2D eigenvalue weighted by atomic mass is 9.89. The number of hydrogen-bond acceptors (Lipinski definition) is 5. The standard InChI is InChI=1S/C23H30N4O3S/c1-2-11-26(16-7-8-18-20(12-16)31-14-25-18)19(9-10-21(24)28)22-17-6-4-3-5-15(17)13-27(22)23(29)30/h3-6,14,16,19,22H,2,7-13H2,1H3,(H2,24,28)(H,29,30). The Morgan fingerprint density at radius 1 is 1.39 bits per heavy atom. The molecule has 3 atom stereocenters. The van der Waals surface area contributed by atoms with Crippen LogP contribution in [0.25, 0.3) is 0 Å². The normalized spacial score (nSPS) is 21.0. The largest absolute Gasteiger partial charge is 0.465 e. The molecule has 8 heteroatoms. The summed E-state index contributed by atoms with van der Waals surface area (Å²) in [4.78, 5) is 33.8. The minimum absolute atomic E-state index is 0.105. The molecule has 3 N–H and O–H groups in total. The highest BCUT2D eigenvalue weighted by molar-refractivity contribution is 7.09. The summed E-state index contributed by atoms with van der Waals surface area (Å²) in [5, 5.41) is 10.0. The maximum absolute atomic E-state index is 12.2. The number of aryl methyl sites for hydroxylation is 1. The van der Waals surface area contributed by atoms with Crippen molar-refractivity contribution in [3.8, 4) is 0 Å². The van der Waals surface area contributed by atoms with Crippen molar-refractivity contribution < 1.29 is 14.7 Å². The molecule has 31 heavy (non-hydrogen) atoms. The number of nitrogens with zero attached hydrogens (tertiary/aromatic N) is 3. The molecule has 1 aliphatic carbocycles. The number of benzene rings is 1. The third-order valence-electron chi connectivity index (χ3n) is 6.58. The van der Waals surface area contributed by atoms with Crippen LogP contribution in [0.5, 0.6) is 0 Å². The van der Waals surface area contributed by atoms with Crippen LogP contribution in [-0.2, 0) is 24.2 Å². The van der Waals surface area contributed by atoms with Crippen LogP contribution >= 0.6 is 11.3 Å². The molecular formula is C23H30N4O3S. The minimum atomic E-state index is -0.921. The second-order valence-corrected chi connectivity index (χ2v) is 9.42. The van der Waals surface area contributed by atoms with Crippen LogP contribution in [0.2, 0.25) is 0 Å². The highest BCUT2D eigenvalue weighted by Gasteiger charge is 2.43. The summed E-state index contributed by atoms with van der Waals surface area (Å²) in [6.45, 7) is 3.39. The van der Waals surface area contributed by atoms with Crippen molar-refractivity contribution in [2.24, 2.45) is 5.73 Å². The van der Waals surface area contributed by atoms with Crippen LogP contribution in [0.3, 0.4) is 0 Å². The third kappa shape index (κ3) is 4.45. The first kappa shape index (κ1) is 21.8. The molecule has 2 aromatic rings. The zero-order valence-electron chi connectivity index (χ0n) is 17.9. The number of primary amides is 1. The van der Waals surface area contributed by atoms with Gasteiger partial charge in [-0.15, -0.1) is 11.3 Å². The van der Waals surface area contributed by atoms with Crippen molar-refractivity contribution in [2.75, 3.05) is 6.54 Å². The molecule has 0 spiro atoms. The molecule has 0 radical (unpaired) electrons. The van der Waals surface area contributed by atoms with Crippen LogP contribution in [0.1, 0.15) is 60.3 Å². The molecule has 2 heterocycles. The number of hydrogen-bond donors (Lipinski definition) is 2. The number of nitrogens with two attached hydrogens (primary N) is 1. The monoisotopic (exact) mass is 442 g/mol. The zero-order valence-corrected chi connectivity index (χ0v) is 18.7. The average Bonchev–Trinajstić information content (AvgIpc) is 3.37. The molecule has 1 aromatic heterocycles. The Kier molecular flexibility index (Phi) is 6.57. The van der Waals surface area contributed by atoms with E-state index in [9.17, 15) is 14.7 Å². The first-order valence-corrected chi connectivity index (χ1v) is 11.9. The molecule has 2 aliphatic rings. The smallest absolute Gasteiger partial charge is 0.408 e. The van der Waals surface area contributed by atoms with E-state index in [4.69, 9.17) is 5.73 Å². The Balaban J connectivity index is 1.71.